The van der Waals surface area contributed by atoms with E-state index in [4.69, 9.17) is 16.3 Å². The first-order valence-corrected chi connectivity index (χ1v) is 10.1. The van der Waals surface area contributed by atoms with Gasteiger partial charge in [0.15, 0.2) is 17.3 Å². The number of carbonyl (C=O) groups excluding carboxylic acids is 3. The summed E-state index contributed by atoms with van der Waals surface area (Å²) in [7, 11) is 0. The summed E-state index contributed by atoms with van der Waals surface area (Å²) in [5.41, 5.74) is 0.369. The maximum absolute atomic E-state index is 12.8. The topological polar surface area (TPSA) is 101 Å². The Morgan fingerprint density at radius 1 is 1.23 bits per heavy atom. The highest BCUT2D eigenvalue weighted by Gasteiger charge is 2.38. The molecule has 6 nitrogen and oxygen atoms in total. The first-order chi connectivity index (χ1) is 12.4. The third-order valence-electron chi connectivity index (χ3n) is 4.63. The highest BCUT2D eigenvalue weighted by Crippen LogP contribution is 2.37. The summed E-state index contributed by atoms with van der Waals surface area (Å²) in [6.45, 7) is 0.386. The van der Waals surface area contributed by atoms with Gasteiger partial charge in [-0.05, 0) is 31.2 Å². The lowest BCUT2D eigenvalue weighted by Crippen LogP contribution is -2.35. The van der Waals surface area contributed by atoms with Crippen LogP contribution in [0.25, 0.3) is 0 Å². The van der Waals surface area contributed by atoms with Crippen molar-refractivity contribution in [3.63, 3.8) is 0 Å². The maximum atomic E-state index is 12.8. The van der Waals surface area contributed by atoms with Gasteiger partial charge < -0.3 is 9.29 Å². The molecule has 2 saturated carbocycles. The molecule has 3 rings (SSSR count). The molecule has 1 unspecified atom stereocenters. The van der Waals surface area contributed by atoms with Crippen LogP contribution in [0.5, 0.6) is 5.75 Å². The molecule has 0 radical (unpaired) electrons. The van der Waals surface area contributed by atoms with Gasteiger partial charge in [-0.1, -0.05) is 28.7 Å². The van der Waals surface area contributed by atoms with E-state index < -0.39 is 34.3 Å². The van der Waals surface area contributed by atoms with Crippen LogP contribution in [0.4, 0.5) is 0 Å². The molecule has 0 aliphatic heterocycles. The molecule has 0 bridgehead atoms. The second kappa shape index (κ2) is 7.98. The van der Waals surface area contributed by atoms with Gasteiger partial charge in [-0.15, -0.1) is 0 Å². The van der Waals surface area contributed by atoms with Gasteiger partial charge in [0.05, 0.1) is 11.6 Å². The Kier molecular flexibility index (Phi) is 5.89. The second-order valence-corrected chi connectivity index (χ2v) is 7.98. The molecule has 2 aliphatic rings. The Hall–Kier alpha value is -1.57. The third-order valence-corrected chi connectivity index (χ3v) is 5.55. The van der Waals surface area contributed by atoms with Crippen molar-refractivity contribution in [3.05, 3.63) is 28.3 Å². The van der Waals surface area contributed by atoms with Crippen LogP contribution in [0.3, 0.4) is 0 Å². The summed E-state index contributed by atoms with van der Waals surface area (Å²) < 4.78 is 27.9. The van der Waals surface area contributed by atoms with Crippen molar-refractivity contribution in [2.45, 2.75) is 37.9 Å². The van der Waals surface area contributed by atoms with Gasteiger partial charge >= 0.3 is 0 Å². The zero-order valence-electron chi connectivity index (χ0n) is 14.0. The van der Waals surface area contributed by atoms with Crippen molar-refractivity contribution in [3.8, 4) is 5.75 Å². The van der Waals surface area contributed by atoms with E-state index in [-0.39, 0.29) is 34.9 Å². The smallest absolute Gasteiger partial charge is 0.182 e. The lowest BCUT2D eigenvalue weighted by molar-refractivity contribution is -0.133. The predicted octanol–water partition coefficient (Wildman–Crippen LogP) is 2.63. The SMILES string of the molecule is O=C1CCCC(=O)C1C(=O)c1ccc(CS(=O)[O-])c(OCC2CC2)c1Cl. The highest BCUT2D eigenvalue weighted by molar-refractivity contribution is 7.78. The number of hydrogen-bond acceptors (Lipinski definition) is 6. The Morgan fingerprint density at radius 2 is 1.88 bits per heavy atom. The molecule has 2 fully saturated rings. The molecule has 140 valence electrons. The van der Waals surface area contributed by atoms with Gasteiger partial charge in [0.1, 0.15) is 11.7 Å². The first-order valence-electron chi connectivity index (χ1n) is 8.48. The summed E-state index contributed by atoms with van der Waals surface area (Å²) in [6, 6.07) is 2.82. The van der Waals surface area contributed by atoms with Crippen molar-refractivity contribution in [1.29, 1.82) is 0 Å². The normalized spacial score (nSPS) is 19.5. The number of ketones is 3. The lowest BCUT2D eigenvalue weighted by atomic mass is 9.81. The standard InChI is InChI=1S/C18H19ClO6S/c19-16-12(17(22)15-13(20)2-1-3-14(15)21)7-6-11(9-26(23)24)18(16)25-8-10-4-5-10/h6-7,10,15H,1-5,8-9H2,(H,23,24)/p-1. The number of hydrogen-bond donors (Lipinski definition) is 0. The summed E-state index contributed by atoms with van der Waals surface area (Å²) in [4.78, 5) is 36.9. The molecule has 0 amide bonds. The van der Waals surface area contributed by atoms with E-state index in [1.165, 1.54) is 12.1 Å². The van der Waals surface area contributed by atoms with Crippen molar-refractivity contribution < 1.29 is 27.9 Å². The van der Waals surface area contributed by atoms with Crippen LogP contribution in [0, 0.1) is 11.8 Å². The van der Waals surface area contributed by atoms with Crippen LogP contribution in [0.2, 0.25) is 5.02 Å². The van der Waals surface area contributed by atoms with Gasteiger partial charge in [0.25, 0.3) is 0 Å². The number of rotatable bonds is 7. The van der Waals surface area contributed by atoms with Gasteiger partial charge in [-0.25, -0.2) is 0 Å². The number of ether oxygens (including phenoxy) is 1. The average Bonchev–Trinajstić information content (AvgIpc) is 3.38. The van der Waals surface area contributed by atoms with Crippen molar-refractivity contribution in [2.75, 3.05) is 6.61 Å². The van der Waals surface area contributed by atoms with E-state index in [0.29, 0.717) is 24.5 Å². The molecule has 1 aromatic rings. The second-order valence-electron chi connectivity index (χ2n) is 6.70. The minimum atomic E-state index is -2.35. The third kappa shape index (κ3) is 4.22. The predicted molar refractivity (Wildman–Crippen MR) is 94.0 cm³/mol. The maximum Gasteiger partial charge on any atom is 0.182 e. The fourth-order valence-electron chi connectivity index (χ4n) is 3.02. The fraction of sp³-hybridized carbons (Fsp3) is 0.500. The summed E-state index contributed by atoms with van der Waals surface area (Å²) in [5.74, 6) is -2.51. The van der Waals surface area contributed by atoms with Gasteiger partial charge in [0, 0.05) is 29.7 Å². The van der Waals surface area contributed by atoms with E-state index in [0.717, 1.165) is 12.8 Å². The molecular formula is C18H18ClO6S-. The Balaban J connectivity index is 1.94. The molecule has 1 aromatic carbocycles. The van der Waals surface area contributed by atoms with E-state index in [1.54, 1.807) is 0 Å². The number of Topliss-reactive ketones (excluding diaryl/α,β-unsaturated/α-hetero) is 3. The Morgan fingerprint density at radius 3 is 2.46 bits per heavy atom. The number of benzene rings is 1. The molecular weight excluding hydrogens is 380 g/mol. The number of carbonyl (C=O) groups is 3. The van der Waals surface area contributed by atoms with Crippen LogP contribution in [0.15, 0.2) is 12.1 Å². The summed E-state index contributed by atoms with van der Waals surface area (Å²) in [5, 5.41) is -0.0372. The first kappa shape index (κ1) is 19.2. The monoisotopic (exact) mass is 397 g/mol. The van der Waals surface area contributed by atoms with Gasteiger partial charge in [-0.2, -0.15) is 0 Å². The molecule has 2 aliphatic carbocycles. The molecule has 0 N–H and O–H groups in total. The Labute approximate surface area is 158 Å². The summed E-state index contributed by atoms with van der Waals surface area (Å²) in [6.07, 6.45) is 2.91. The molecule has 8 heteroatoms. The van der Waals surface area contributed by atoms with Crippen LogP contribution in [-0.4, -0.2) is 32.7 Å². The molecule has 1 atom stereocenters. The van der Waals surface area contributed by atoms with Crippen LogP contribution < -0.4 is 4.74 Å². The van der Waals surface area contributed by atoms with Crippen molar-refractivity contribution in [2.24, 2.45) is 11.8 Å². The molecule has 0 heterocycles. The molecule has 26 heavy (non-hydrogen) atoms. The minimum Gasteiger partial charge on any atom is -0.772 e. The summed E-state index contributed by atoms with van der Waals surface area (Å²) >= 11 is 3.99. The van der Waals surface area contributed by atoms with E-state index in [1.807, 2.05) is 0 Å². The minimum absolute atomic E-state index is 0.0199. The quantitative estimate of drug-likeness (QED) is 0.398. The van der Waals surface area contributed by atoms with Gasteiger partial charge in [0.2, 0.25) is 0 Å². The largest absolute Gasteiger partial charge is 0.772 e. The van der Waals surface area contributed by atoms with Gasteiger partial charge in [-0.3, -0.25) is 18.6 Å². The van der Waals surface area contributed by atoms with Crippen molar-refractivity contribution in [1.82, 2.24) is 0 Å². The molecule has 0 aromatic heterocycles. The average molecular weight is 398 g/mol. The highest BCUT2D eigenvalue weighted by atomic mass is 35.5. The Bertz CT molecular complexity index is 770. The molecule has 0 saturated heterocycles. The van der Waals surface area contributed by atoms with Crippen LogP contribution in [-0.2, 0) is 26.4 Å². The van der Waals surface area contributed by atoms with Crippen LogP contribution >= 0.6 is 11.6 Å². The molecule has 0 spiro atoms. The van der Waals surface area contributed by atoms with Crippen molar-refractivity contribution >= 4 is 40.0 Å². The van der Waals surface area contributed by atoms with Crippen LogP contribution in [0.1, 0.15) is 48.0 Å². The zero-order valence-corrected chi connectivity index (χ0v) is 15.6. The van der Waals surface area contributed by atoms with E-state index in [9.17, 15) is 23.1 Å². The lowest BCUT2D eigenvalue weighted by Gasteiger charge is -2.21. The zero-order chi connectivity index (χ0) is 18.8. The fourth-order valence-corrected chi connectivity index (χ4v) is 3.84. The number of halogens is 1. The van der Waals surface area contributed by atoms with E-state index >= 15 is 0 Å². The van der Waals surface area contributed by atoms with E-state index in [2.05, 4.69) is 0 Å².